The molecule has 2 aromatic heterocycles. The van der Waals surface area contributed by atoms with Gasteiger partial charge in [0.1, 0.15) is 0 Å². The van der Waals surface area contributed by atoms with Crippen LogP contribution in [0.5, 0.6) is 0 Å². The zero-order valence-electron chi connectivity index (χ0n) is 12.6. The standard InChI is InChI=1S/C15H23N5/c1-4-13-7-15(19(3)18-13)10-20-11(2)12(9-17-20)8-16-14-5-6-14/h7,9,14,16H,4-6,8,10H2,1-3H3. The Morgan fingerprint density at radius 3 is 2.85 bits per heavy atom. The highest BCUT2D eigenvalue weighted by atomic mass is 15.3. The van der Waals surface area contributed by atoms with Crippen molar-refractivity contribution in [2.45, 2.75) is 52.2 Å². The van der Waals surface area contributed by atoms with E-state index in [2.05, 4.69) is 40.1 Å². The van der Waals surface area contributed by atoms with Crippen LogP contribution in [-0.2, 0) is 26.6 Å². The summed E-state index contributed by atoms with van der Waals surface area (Å²) >= 11 is 0. The van der Waals surface area contributed by atoms with Gasteiger partial charge in [-0.3, -0.25) is 9.36 Å². The van der Waals surface area contributed by atoms with Crippen LogP contribution >= 0.6 is 0 Å². The van der Waals surface area contributed by atoms with E-state index in [-0.39, 0.29) is 0 Å². The predicted molar refractivity (Wildman–Crippen MR) is 78.5 cm³/mol. The fraction of sp³-hybridized carbons (Fsp3) is 0.600. The molecule has 0 spiro atoms. The minimum atomic E-state index is 0.738. The lowest BCUT2D eigenvalue weighted by Crippen LogP contribution is -2.16. The summed E-state index contributed by atoms with van der Waals surface area (Å²) in [6.07, 6.45) is 5.61. The van der Waals surface area contributed by atoms with Crippen LogP contribution in [0.2, 0.25) is 0 Å². The van der Waals surface area contributed by atoms with Crippen molar-refractivity contribution in [1.82, 2.24) is 24.9 Å². The maximum absolute atomic E-state index is 4.52. The smallest absolute Gasteiger partial charge is 0.0831 e. The van der Waals surface area contributed by atoms with Gasteiger partial charge in [-0.2, -0.15) is 10.2 Å². The number of rotatable bonds is 6. The van der Waals surface area contributed by atoms with Crippen molar-refractivity contribution in [1.29, 1.82) is 0 Å². The first kappa shape index (κ1) is 13.4. The molecular formula is C15H23N5. The Labute approximate surface area is 120 Å². The molecule has 0 saturated heterocycles. The second kappa shape index (κ2) is 5.40. The predicted octanol–water partition coefficient (Wildman–Crippen LogP) is 1.79. The van der Waals surface area contributed by atoms with Crippen molar-refractivity contribution in [2.24, 2.45) is 7.05 Å². The Hall–Kier alpha value is -1.62. The van der Waals surface area contributed by atoms with Gasteiger partial charge in [0.05, 0.1) is 24.1 Å². The molecule has 0 radical (unpaired) electrons. The van der Waals surface area contributed by atoms with E-state index in [4.69, 9.17) is 0 Å². The number of nitrogens with one attached hydrogen (secondary N) is 1. The Balaban J connectivity index is 1.71. The van der Waals surface area contributed by atoms with Gasteiger partial charge in [-0.25, -0.2) is 0 Å². The zero-order valence-corrected chi connectivity index (χ0v) is 12.6. The number of hydrogen-bond donors (Lipinski definition) is 1. The molecular weight excluding hydrogens is 250 g/mol. The van der Waals surface area contributed by atoms with Gasteiger partial charge in [0, 0.05) is 30.9 Å². The summed E-state index contributed by atoms with van der Waals surface area (Å²) in [7, 11) is 2.00. The molecule has 5 nitrogen and oxygen atoms in total. The van der Waals surface area contributed by atoms with Crippen molar-refractivity contribution >= 4 is 0 Å². The third kappa shape index (κ3) is 2.77. The van der Waals surface area contributed by atoms with Crippen LogP contribution in [0.3, 0.4) is 0 Å². The number of aromatic nitrogens is 4. The summed E-state index contributed by atoms with van der Waals surface area (Å²) in [5.74, 6) is 0. The first-order valence-corrected chi connectivity index (χ1v) is 7.43. The van der Waals surface area contributed by atoms with E-state index in [0.29, 0.717) is 0 Å². The molecule has 1 saturated carbocycles. The second-order valence-corrected chi connectivity index (χ2v) is 5.67. The van der Waals surface area contributed by atoms with Gasteiger partial charge >= 0.3 is 0 Å². The van der Waals surface area contributed by atoms with Gasteiger partial charge in [0.2, 0.25) is 0 Å². The van der Waals surface area contributed by atoms with Crippen LogP contribution in [0.15, 0.2) is 12.3 Å². The highest BCUT2D eigenvalue weighted by molar-refractivity contribution is 5.18. The Kier molecular flexibility index (Phi) is 3.61. The fourth-order valence-corrected chi connectivity index (χ4v) is 2.41. The molecule has 3 rings (SSSR count). The lowest BCUT2D eigenvalue weighted by molar-refractivity contribution is 0.603. The molecule has 2 aromatic rings. The van der Waals surface area contributed by atoms with E-state index in [1.54, 1.807) is 0 Å². The summed E-state index contributed by atoms with van der Waals surface area (Å²) < 4.78 is 4.03. The van der Waals surface area contributed by atoms with E-state index in [1.165, 1.54) is 29.8 Å². The van der Waals surface area contributed by atoms with Gasteiger partial charge in [-0.1, -0.05) is 6.92 Å². The summed E-state index contributed by atoms with van der Waals surface area (Å²) in [6.45, 7) is 6.00. The van der Waals surface area contributed by atoms with Crippen LogP contribution in [0.4, 0.5) is 0 Å². The first-order chi connectivity index (χ1) is 9.67. The van der Waals surface area contributed by atoms with Crippen LogP contribution < -0.4 is 5.32 Å². The lowest BCUT2D eigenvalue weighted by Gasteiger charge is -2.06. The van der Waals surface area contributed by atoms with Crippen LogP contribution in [0.25, 0.3) is 0 Å². The first-order valence-electron chi connectivity index (χ1n) is 7.43. The summed E-state index contributed by atoms with van der Waals surface area (Å²) in [5.41, 5.74) is 4.89. The van der Waals surface area contributed by atoms with Gasteiger partial charge in [-0.05, 0) is 32.3 Å². The quantitative estimate of drug-likeness (QED) is 0.873. The summed E-state index contributed by atoms with van der Waals surface area (Å²) in [5, 5.41) is 12.6. The molecule has 0 atom stereocenters. The second-order valence-electron chi connectivity index (χ2n) is 5.67. The molecule has 2 heterocycles. The molecule has 1 aliphatic carbocycles. The molecule has 0 amide bonds. The average molecular weight is 273 g/mol. The van der Waals surface area contributed by atoms with Gasteiger partial charge < -0.3 is 5.32 Å². The van der Waals surface area contributed by atoms with E-state index < -0.39 is 0 Å². The molecule has 5 heteroatoms. The molecule has 108 valence electrons. The average Bonchev–Trinajstić information content (AvgIpc) is 3.12. The van der Waals surface area contributed by atoms with Crippen molar-refractivity contribution < 1.29 is 0 Å². The van der Waals surface area contributed by atoms with Crippen molar-refractivity contribution in [3.63, 3.8) is 0 Å². The Morgan fingerprint density at radius 2 is 2.20 bits per heavy atom. The summed E-state index contributed by atoms with van der Waals surface area (Å²) in [6, 6.07) is 2.91. The third-order valence-corrected chi connectivity index (χ3v) is 4.06. The molecule has 0 bridgehead atoms. The van der Waals surface area contributed by atoms with Gasteiger partial charge in [0.25, 0.3) is 0 Å². The van der Waals surface area contributed by atoms with Crippen LogP contribution in [0.1, 0.15) is 42.4 Å². The lowest BCUT2D eigenvalue weighted by atomic mass is 10.2. The number of nitrogens with zero attached hydrogens (tertiary/aromatic N) is 4. The molecule has 1 N–H and O–H groups in total. The number of aryl methyl sites for hydroxylation is 2. The van der Waals surface area contributed by atoms with E-state index in [1.807, 2.05) is 17.9 Å². The topological polar surface area (TPSA) is 47.7 Å². The van der Waals surface area contributed by atoms with E-state index in [0.717, 1.165) is 31.2 Å². The maximum Gasteiger partial charge on any atom is 0.0831 e. The highest BCUT2D eigenvalue weighted by Crippen LogP contribution is 2.20. The normalized spacial score (nSPS) is 14.9. The maximum atomic E-state index is 4.52. The van der Waals surface area contributed by atoms with E-state index in [9.17, 15) is 0 Å². The van der Waals surface area contributed by atoms with Crippen molar-refractivity contribution in [3.05, 3.63) is 34.9 Å². The summed E-state index contributed by atoms with van der Waals surface area (Å²) in [4.78, 5) is 0. The molecule has 0 aliphatic heterocycles. The minimum Gasteiger partial charge on any atom is -0.310 e. The molecule has 1 fully saturated rings. The van der Waals surface area contributed by atoms with Crippen LogP contribution in [-0.4, -0.2) is 25.6 Å². The fourth-order valence-electron chi connectivity index (χ4n) is 2.41. The SMILES string of the molecule is CCc1cc(Cn2ncc(CNC3CC3)c2C)n(C)n1. The molecule has 1 aliphatic rings. The van der Waals surface area contributed by atoms with Gasteiger partial charge in [0.15, 0.2) is 0 Å². The third-order valence-electron chi connectivity index (χ3n) is 4.06. The monoisotopic (exact) mass is 273 g/mol. The molecule has 0 unspecified atom stereocenters. The molecule has 20 heavy (non-hydrogen) atoms. The van der Waals surface area contributed by atoms with Crippen molar-refractivity contribution in [2.75, 3.05) is 0 Å². The van der Waals surface area contributed by atoms with Crippen molar-refractivity contribution in [3.8, 4) is 0 Å². The van der Waals surface area contributed by atoms with E-state index >= 15 is 0 Å². The largest absolute Gasteiger partial charge is 0.310 e. The Morgan fingerprint density at radius 1 is 1.40 bits per heavy atom. The Bertz CT molecular complexity index is 591. The van der Waals surface area contributed by atoms with Gasteiger partial charge in [-0.15, -0.1) is 0 Å². The number of hydrogen-bond acceptors (Lipinski definition) is 3. The highest BCUT2D eigenvalue weighted by Gasteiger charge is 2.20. The molecule has 0 aromatic carbocycles. The zero-order chi connectivity index (χ0) is 14.1. The van der Waals surface area contributed by atoms with Crippen LogP contribution in [0, 0.1) is 6.92 Å². The minimum absolute atomic E-state index is 0.738.